The molecule has 19 heavy (non-hydrogen) atoms. The number of hydrogen-bond donors (Lipinski definition) is 2. The third-order valence-corrected chi connectivity index (χ3v) is 5.71. The number of rotatable bonds is 4. The van der Waals surface area contributed by atoms with Crippen molar-refractivity contribution in [2.75, 3.05) is 18.2 Å². The van der Waals surface area contributed by atoms with E-state index in [4.69, 9.17) is 11.6 Å². The van der Waals surface area contributed by atoms with Crippen molar-refractivity contribution in [3.05, 3.63) is 29.3 Å². The van der Waals surface area contributed by atoms with Gasteiger partial charge in [-0.2, -0.15) is 0 Å². The quantitative estimate of drug-likeness (QED) is 0.894. The molecule has 2 atom stereocenters. The molecule has 0 amide bonds. The average Bonchev–Trinajstić information content (AvgIpc) is 2.76. The summed E-state index contributed by atoms with van der Waals surface area (Å²) in [5.41, 5.74) is -0.0180. The van der Waals surface area contributed by atoms with Gasteiger partial charge in [-0.15, -0.1) is 0 Å². The summed E-state index contributed by atoms with van der Waals surface area (Å²) in [5.74, 6) is 0. The molecule has 4 nitrogen and oxygen atoms in total. The topological polar surface area (TPSA) is 66.4 Å². The summed E-state index contributed by atoms with van der Waals surface area (Å²) in [6.45, 7) is -0.201. The summed E-state index contributed by atoms with van der Waals surface area (Å²) < 4.78 is 23.8. The van der Waals surface area contributed by atoms with Crippen LogP contribution in [0.2, 0.25) is 5.02 Å². The van der Waals surface area contributed by atoms with Crippen LogP contribution in [0, 0.1) is 0 Å². The first-order valence-electron chi connectivity index (χ1n) is 6.21. The molecule has 0 saturated heterocycles. The molecule has 0 aromatic heterocycles. The summed E-state index contributed by atoms with van der Waals surface area (Å²) in [7, 11) is -3.20. The smallest absolute Gasteiger partial charge is 0.152 e. The van der Waals surface area contributed by atoms with Crippen LogP contribution in [0.1, 0.15) is 19.3 Å². The maximum absolute atomic E-state index is 11.9. The minimum absolute atomic E-state index is 0.201. The summed E-state index contributed by atoms with van der Waals surface area (Å²) in [6.07, 6.45) is 3.25. The second kappa shape index (κ2) is 5.31. The standard InChI is InChI=1S/C13H18ClNO3S/c1-19(17,18)12-3-2-8-13(12,9-16)15-11-6-4-10(14)5-7-11/h4-7,12,15-16H,2-3,8-9H2,1H3. The van der Waals surface area contributed by atoms with E-state index < -0.39 is 20.6 Å². The number of anilines is 1. The number of nitrogens with one attached hydrogen (secondary N) is 1. The van der Waals surface area contributed by atoms with Crippen molar-refractivity contribution in [1.29, 1.82) is 0 Å². The number of halogens is 1. The molecule has 0 radical (unpaired) electrons. The van der Waals surface area contributed by atoms with Crippen molar-refractivity contribution < 1.29 is 13.5 Å². The van der Waals surface area contributed by atoms with Crippen LogP contribution in [0.25, 0.3) is 0 Å². The van der Waals surface area contributed by atoms with E-state index in [2.05, 4.69) is 5.32 Å². The average molecular weight is 304 g/mol. The van der Waals surface area contributed by atoms with Crippen molar-refractivity contribution in [1.82, 2.24) is 0 Å². The molecule has 2 unspecified atom stereocenters. The van der Waals surface area contributed by atoms with Crippen molar-refractivity contribution in [3.63, 3.8) is 0 Å². The van der Waals surface area contributed by atoms with Gasteiger partial charge >= 0.3 is 0 Å². The molecule has 1 aliphatic rings. The monoisotopic (exact) mass is 303 g/mol. The van der Waals surface area contributed by atoms with E-state index in [0.717, 1.165) is 12.1 Å². The second-order valence-electron chi connectivity index (χ2n) is 5.16. The predicted octanol–water partition coefficient (Wildman–Crippen LogP) is 2.08. The fraction of sp³-hybridized carbons (Fsp3) is 0.538. The number of sulfone groups is 1. The van der Waals surface area contributed by atoms with Gasteiger partial charge in [0.15, 0.2) is 9.84 Å². The summed E-state index contributed by atoms with van der Waals surface area (Å²) in [4.78, 5) is 0. The normalized spacial score (nSPS) is 27.4. The second-order valence-corrected chi connectivity index (χ2v) is 7.82. The first-order valence-corrected chi connectivity index (χ1v) is 8.54. The molecule has 106 valence electrons. The number of hydrogen-bond acceptors (Lipinski definition) is 4. The third kappa shape index (κ3) is 3.04. The third-order valence-electron chi connectivity index (χ3n) is 3.74. The Morgan fingerprint density at radius 2 is 2.05 bits per heavy atom. The fourth-order valence-corrected chi connectivity index (χ4v) is 4.64. The van der Waals surface area contributed by atoms with Gasteiger partial charge in [0.05, 0.1) is 17.4 Å². The van der Waals surface area contributed by atoms with Crippen LogP contribution in [0.15, 0.2) is 24.3 Å². The highest BCUT2D eigenvalue weighted by atomic mass is 35.5. The Morgan fingerprint density at radius 3 is 2.58 bits per heavy atom. The minimum Gasteiger partial charge on any atom is -0.394 e. The van der Waals surface area contributed by atoms with Crippen molar-refractivity contribution in [2.45, 2.75) is 30.1 Å². The van der Waals surface area contributed by atoms with Gasteiger partial charge in [0.1, 0.15) is 0 Å². The zero-order valence-electron chi connectivity index (χ0n) is 10.8. The van der Waals surface area contributed by atoms with Crippen LogP contribution in [0.4, 0.5) is 5.69 Å². The predicted molar refractivity (Wildman–Crippen MR) is 77.4 cm³/mol. The molecule has 1 aromatic carbocycles. The van der Waals surface area contributed by atoms with Gasteiger partial charge in [-0.1, -0.05) is 11.6 Å². The molecule has 2 N–H and O–H groups in total. The van der Waals surface area contributed by atoms with E-state index in [1.807, 2.05) is 0 Å². The molecule has 0 bridgehead atoms. The van der Waals surface area contributed by atoms with Crippen LogP contribution in [0.5, 0.6) is 0 Å². The van der Waals surface area contributed by atoms with Gasteiger partial charge in [-0.05, 0) is 43.5 Å². The Bertz CT molecular complexity index is 544. The molecule has 0 aliphatic heterocycles. The van der Waals surface area contributed by atoms with E-state index in [-0.39, 0.29) is 6.61 Å². The van der Waals surface area contributed by atoms with Gasteiger partial charge in [0, 0.05) is 17.0 Å². The van der Waals surface area contributed by atoms with Gasteiger partial charge in [-0.25, -0.2) is 8.42 Å². The minimum atomic E-state index is -3.20. The lowest BCUT2D eigenvalue weighted by molar-refractivity contribution is 0.215. The van der Waals surface area contributed by atoms with E-state index in [1.54, 1.807) is 24.3 Å². The molecule has 1 fully saturated rings. The maximum atomic E-state index is 11.9. The van der Waals surface area contributed by atoms with Crippen LogP contribution >= 0.6 is 11.6 Å². The maximum Gasteiger partial charge on any atom is 0.152 e. The lowest BCUT2D eigenvalue weighted by Crippen LogP contribution is -2.51. The van der Waals surface area contributed by atoms with Crippen molar-refractivity contribution in [2.24, 2.45) is 0 Å². The molecular weight excluding hydrogens is 286 g/mol. The fourth-order valence-electron chi connectivity index (χ4n) is 2.85. The summed E-state index contributed by atoms with van der Waals surface area (Å²) in [5, 5.41) is 13.0. The van der Waals surface area contributed by atoms with E-state index >= 15 is 0 Å². The van der Waals surface area contributed by atoms with E-state index in [1.165, 1.54) is 6.26 Å². The zero-order valence-corrected chi connectivity index (χ0v) is 12.3. The molecule has 0 heterocycles. The highest BCUT2D eigenvalue weighted by Gasteiger charge is 2.47. The highest BCUT2D eigenvalue weighted by molar-refractivity contribution is 7.91. The van der Waals surface area contributed by atoms with Crippen molar-refractivity contribution in [3.8, 4) is 0 Å². The van der Waals surface area contributed by atoms with Gasteiger partial charge < -0.3 is 10.4 Å². The van der Waals surface area contributed by atoms with Crippen LogP contribution in [-0.2, 0) is 9.84 Å². The largest absolute Gasteiger partial charge is 0.394 e. The first-order chi connectivity index (χ1) is 8.87. The van der Waals surface area contributed by atoms with Crippen LogP contribution < -0.4 is 5.32 Å². The van der Waals surface area contributed by atoms with Crippen LogP contribution in [0.3, 0.4) is 0 Å². The Kier molecular flexibility index (Phi) is 4.08. The summed E-state index contributed by atoms with van der Waals surface area (Å²) >= 11 is 5.83. The van der Waals surface area contributed by atoms with E-state index in [0.29, 0.717) is 17.9 Å². The lowest BCUT2D eigenvalue weighted by atomic mass is 9.98. The Labute approximate surface area is 118 Å². The molecule has 1 aliphatic carbocycles. The lowest BCUT2D eigenvalue weighted by Gasteiger charge is -2.34. The van der Waals surface area contributed by atoms with Gasteiger partial charge in [-0.3, -0.25) is 0 Å². The van der Waals surface area contributed by atoms with E-state index in [9.17, 15) is 13.5 Å². The number of benzene rings is 1. The molecular formula is C13H18ClNO3S. The van der Waals surface area contributed by atoms with Crippen LogP contribution in [-0.4, -0.2) is 37.2 Å². The number of aliphatic hydroxyl groups is 1. The molecule has 0 spiro atoms. The highest BCUT2D eigenvalue weighted by Crippen LogP contribution is 2.37. The molecule has 2 rings (SSSR count). The summed E-state index contributed by atoms with van der Waals surface area (Å²) in [6, 6.07) is 7.05. The van der Waals surface area contributed by atoms with Crippen molar-refractivity contribution >= 4 is 27.1 Å². The Hall–Kier alpha value is -0.780. The molecule has 1 saturated carbocycles. The Morgan fingerprint density at radius 1 is 1.42 bits per heavy atom. The zero-order chi connectivity index (χ0) is 14.1. The SMILES string of the molecule is CS(=O)(=O)C1CCCC1(CO)Nc1ccc(Cl)cc1. The van der Waals surface area contributed by atoms with Gasteiger partial charge in [0.25, 0.3) is 0 Å². The number of aliphatic hydroxyl groups excluding tert-OH is 1. The molecule has 1 aromatic rings. The molecule has 6 heteroatoms. The van der Waals surface area contributed by atoms with Gasteiger partial charge in [0.2, 0.25) is 0 Å². The Balaban J connectivity index is 2.30. The first kappa shape index (κ1) is 14.6.